The summed E-state index contributed by atoms with van der Waals surface area (Å²) in [6.45, 7) is 9.77. The smallest absolute Gasteiger partial charge is 0.322 e. The quantitative estimate of drug-likeness (QED) is 0.0158. The van der Waals surface area contributed by atoms with E-state index in [2.05, 4.69) is 62.4 Å². The average molecular weight is 973 g/mol. The summed E-state index contributed by atoms with van der Waals surface area (Å²) in [6.07, 6.45) is 8.56. The second-order valence-corrected chi connectivity index (χ2v) is 20.8. The van der Waals surface area contributed by atoms with Gasteiger partial charge in [0, 0.05) is 24.5 Å². The van der Waals surface area contributed by atoms with Gasteiger partial charge in [-0.1, -0.05) is 99.9 Å². The van der Waals surface area contributed by atoms with Gasteiger partial charge < -0.3 is 28.4 Å². The van der Waals surface area contributed by atoms with Crippen molar-refractivity contribution < 1.29 is 52.4 Å². The van der Waals surface area contributed by atoms with E-state index in [4.69, 9.17) is 34.0 Å². The van der Waals surface area contributed by atoms with Crippen molar-refractivity contribution in [1.82, 2.24) is 0 Å². The van der Waals surface area contributed by atoms with Crippen LogP contribution >= 0.6 is 15.9 Å². The van der Waals surface area contributed by atoms with Crippen LogP contribution in [0.25, 0.3) is 33.4 Å². The molecule has 0 bridgehead atoms. The molecule has 0 spiro atoms. The number of nitrogens with zero attached hydrogens (tertiary/aromatic N) is 3. The number of azide groups is 1. The van der Waals surface area contributed by atoms with Gasteiger partial charge in [-0.25, -0.2) is 0 Å². The lowest BCUT2D eigenvalue weighted by Crippen LogP contribution is -2.49. The fourth-order valence-electron chi connectivity index (χ4n) is 9.77. The zero-order chi connectivity index (χ0) is 48.3. The van der Waals surface area contributed by atoms with E-state index in [1.54, 1.807) is 41.5 Å². The molecule has 3 aromatic carbocycles. The van der Waals surface area contributed by atoms with Gasteiger partial charge in [-0.05, 0) is 124 Å². The van der Waals surface area contributed by atoms with E-state index < -0.39 is 55.8 Å². The van der Waals surface area contributed by atoms with E-state index in [-0.39, 0.29) is 77.6 Å². The number of hydrogen-bond donors (Lipinski definition) is 0. The molecular formula is C51H62BrN3O11. The Balaban J connectivity index is 1.49. The van der Waals surface area contributed by atoms with Crippen LogP contribution in [0.5, 0.6) is 0 Å². The second-order valence-electron chi connectivity index (χ2n) is 19.1. The highest BCUT2D eigenvalue weighted by Crippen LogP contribution is 2.52. The van der Waals surface area contributed by atoms with E-state index in [1.807, 2.05) is 42.5 Å². The van der Waals surface area contributed by atoms with Crippen molar-refractivity contribution >= 4 is 68.7 Å². The minimum absolute atomic E-state index is 0.0116. The first kappa shape index (κ1) is 51.5. The van der Waals surface area contributed by atoms with Crippen molar-refractivity contribution in [1.29, 1.82) is 0 Å². The first-order valence-electron chi connectivity index (χ1n) is 22.2. The van der Waals surface area contributed by atoms with Gasteiger partial charge in [0.05, 0.1) is 42.0 Å². The summed E-state index contributed by atoms with van der Waals surface area (Å²) in [5, 5.41) is 5.78. The molecule has 2 aliphatic rings. The van der Waals surface area contributed by atoms with Gasteiger partial charge >= 0.3 is 29.8 Å². The van der Waals surface area contributed by atoms with Crippen LogP contribution in [0, 0.1) is 21.7 Å². The van der Waals surface area contributed by atoms with Gasteiger partial charge in [-0.15, -0.1) is 0 Å². The molecule has 2 aliphatic carbocycles. The number of rotatable bonds is 24. The maximum atomic E-state index is 15.0. The number of allylic oxidation sites excluding steroid dienone is 1. The molecule has 14 nitrogen and oxygen atoms in total. The molecule has 0 amide bonds. The molecule has 0 saturated heterocycles. The van der Waals surface area contributed by atoms with E-state index in [1.165, 1.54) is 25.2 Å². The Morgan fingerprint density at radius 1 is 0.697 bits per heavy atom. The monoisotopic (exact) mass is 971 g/mol. The maximum Gasteiger partial charge on any atom is 0.322 e. The number of carbonyl (C=O) groups is 5. The molecule has 5 atom stereocenters. The third kappa shape index (κ3) is 12.3. The fraction of sp³-hybridized carbons (Fsp3) is 0.510. The standard InChI is InChI=1S/C51H62BrN3O11/c1-47(2,42(56)65-28-34-14-10-9-11-15-34)30-48(3,44(58)64-27-26-61-7)31-49(4,43(57)62-8)32-50(5,33-51(6,52)46(60)63-25-13-24-54-55-53)45(59)66-29-38-21-20-37-19-18-35-16-12-17-36-22-23-39(38)41(37)40(35)36/h9-12,14-15,17-23,38H,13,16,24-33H2,1-8H3. The predicted octanol–water partition coefficient (Wildman–Crippen LogP) is 10.2. The number of ether oxygens (including phenoxy) is 6. The van der Waals surface area contributed by atoms with E-state index >= 15 is 0 Å². The predicted molar refractivity (Wildman–Crippen MR) is 254 cm³/mol. The number of carbonyl (C=O) groups excluding carboxylic acids is 5. The Hall–Kier alpha value is -5.50. The molecule has 66 heavy (non-hydrogen) atoms. The lowest BCUT2D eigenvalue weighted by atomic mass is 9.61. The Morgan fingerprint density at radius 2 is 1.33 bits per heavy atom. The summed E-state index contributed by atoms with van der Waals surface area (Å²) in [4.78, 5) is 73.8. The van der Waals surface area contributed by atoms with Crippen LogP contribution in [-0.2, 0) is 65.4 Å². The molecule has 0 aromatic heterocycles. The topological polar surface area (TPSA) is 189 Å². The molecule has 0 fully saturated rings. The van der Waals surface area contributed by atoms with Crippen LogP contribution in [0.15, 0.2) is 71.9 Å². The van der Waals surface area contributed by atoms with Crippen molar-refractivity contribution in [3.05, 3.63) is 105 Å². The van der Waals surface area contributed by atoms with Crippen LogP contribution in [0.1, 0.15) is 107 Å². The highest BCUT2D eigenvalue weighted by atomic mass is 79.9. The molecular weight excluding hydrogens is 910 g/mol. The van der Waals surface area contributed by atoms with Crippen molar-refractivity contribution in [2.45, 2.75) is 96.9 Å². The first-order chi connectivity index (χ1) is 31.2. The zero-order valence-electron chi connectivity index (χ0n) is 39.3. The van der Waals surface area contributed by atoms with Gasteiger partial charge in [0.25, 0.3) is 0 Å². The van der Waals surface area contributed by atoms with Gasteiger partial charge in [0.1, 0.15) is 24.1 Å². The molecule has 0 heterocycles. The van der Waals surface area contributed by atoms with E-state index in [0.717, 1.165) is 34.1 Å². The number of esters is 5. The largest absolute Gasteiger partial charge is 0.469 e. The van der Waals surface area contributed by atoms with Crippen LogP contribution in [0.4, 0.5) is 0 Å². The molecule has 5 unspecified atom stereocenters. The van der Waals surface area contributed by atoms with Gasteiger partial charge in [-0.3, -0.25) is 24.0 Å². The average Bonchev–Trinajstić information content (AvgIpc) is 3.28. The SMILES string of the molecule is COCCOC(=O)C(C)(CC(C)(C)C(=O)OCc1ccccc1)CC(C)(CC(C)(CC(C)(Br)C(=O)OCCCN=[N+]=[N-])C(=O)OCC1C=Cc2ccc3c4c(ccc1c24)C=CC3)C(=O)OC. The number of benzene rings is 3. The Kier molecular flexibility index (Phi) is 17.1. The Morgan fingerprint density at radius 3 is 2.02 bits per heavy atom. The number of halogens is 1. The normalized spacial score (nSPS) is 17.4. The first-order valence-corrected chi connectivity index (χ1v) is 22.9. The summed E-state index contributed by atoms with van der Waals surface area (Å²) >= 11 is 3.56. The number of hydrogen-bond acceptors (Lipinski definition) is 12. The van der Waals surface area contributed by atoms with E-state index in [9.17, 15) is 24.0 Å². The minimum atomic E-state index is -1.63. The van der Waals surface area contributed by atoms with Crippen LogP contribution in [-0.4, -0.2) is 81.4 Å². The van der Waals surface area contributed by atoms with Gasteiger partial charge in [-0.2, -0.15) is 0 Å². The van der Waals surface area contributed by atoms with Crippen molar-refractivity contribution in [3.63, 3.8) is 0 Å². The summed E-state index contributed by atoms with van der Waals surface area (Å²) in [6, 6.07) is 17.6. The second kappa shape index (κ2) is 21.9. The van der Waals surface area contributed by atoms with Crippen LogP contribution in [0.3, 0.4) is 0 Å². The fourth-order valence-corrected chi connectivity index (χ4v) is 10.5. The third-order valence-electron chi connectivity index (χ3n) is 12.5. The summed E-state index contributed by atoms with van der Waals surface area (Å²) in [7, 11) is 2.69. The molecule has 5 rings (SSSR count). The third-order valence-corrected chi connectivity index (χ3v) is 13.1. The molecule has 0 aliphatic heterocycles. The van der Waals surface area contributed by atoms with Crippen molar-refractivity contribution in [2.24, 2.45) is 26.8 Å². The molecule has 15 heteroatoms. The lowest BCUT2D eigenvalue weighted by Gasteiger charge is -2.43. The Bertz CT molecular complexity index is 2390. The van der Waals surface area contributed by atoms with Gasteiger partial charge in [0.2, 0.25) is 0 Å². The highest BCUT2D eigenvalue weighted by molar-refractivity contribution is 9.10. The molecule has 354 valence electrons. The molecule has 0 N–H and O–H groups in total. The number of methoxy groups -OCH3 is 2. The summed E-state index contributed by atoms with van der Waals surface area (Å²) in [5.74, 6) is -3.70. The maximum absolute atomic E-state index is 15.0. The Labute approximate surface area is 395 Å². The van der Waals surface area contributed by atoms with Crippen molar-refractivity contribution in [2.75, 3.05) is 47.2 Å². The summed E-state index contributed by atoms with van der Waals surface area (Å²) in [5.41, 5.74) is 7.82. The van der Waals surface area contributed by atoms with Crippen LogP contribution < -0.4 is 0 Å². The van der Waals surface area contributed by atoms with Gasteiger partial charge in [0.15, 0.2) is 0 Å². The van der Waals surface area contributed by atoms with Crippen molar-refractivity contribution in [3.8, 4) is 0 Å². The zero-order valence-corrected chi connectivity index (χ0v) is 40.9. The minimum Gasteiger partial charge on any atom is -0.469 e. The molecule has 0 saturated carbocycles. The highest BCUT2D eigenvalue weighted by Gasteiger charge is 2.56. The van der Waals surface area contributed by atoms with E-state index in [0.29, 0.717) is 0 Å². The number of alkyl halides is 1. The summed E-state index contributed by atoms with van der Waals surface area (Å²) < 4.78 is 32.4. The lowest BCUT2D eigenvalue weighted by molar-refractivity contribution is -0.172. The molecule has 0 radical (unpaired) electrons. The van der Waals surface area contributed by atoms with Crippen LogP contribution in [0.2, 0.25) is 0 Å². The molecule has 3 aromatic rings.